The minimum Gasteiger partial charge on any atom is -0.379 e. The number of morpholine rings is 1. The van der Waals surface area contributed by atoms with E-state index in [1.807, 2.05) is 0 Å². The molecule has 0 amide bonds. The van der Waals surface area contributed by atoms with Crippen LogP contribution < -0.4 is 13.3 Å². The summed E-state index contributed by atoms with van der Waals surface area (Å²) in [5, 5.41) is 0. The van der Waals surface area contributed by atoms with Gasteiger partial charge in [0.05, 0.1) is 30.3 Å². The van der Waals surface area contributed by atoms with Gasteiger partial charge in [-0.3, -0.25) is 13.3 Å². The highest BCUT2D eigenvalue weighted by atomic mass is 32.2. The van der Waals surface area contributed by atoms with E-state index >= 15 is 0 Å². The van der Waals surface area contributed by atoms with Gasteiger partial charge in [-0.1, -0.05) is 0 Å². The number of benzene rings is 1. The van der Waals surface area contributed by atoms with Gasteiger partial charge in [-0.2, -0.15) is 21.1 Å². The average molecular weight is 362 g/mol. The summed E-state index contributed by atoms with van der Waals surface area (Å²) in [7, 11) is -4.39. The van der Waals surface area contributed by atoms with Crippen LogP contribution in [-0.2, 0) is 25.2 Å². The molecule has 0 atom stereocenters. The topological polar surface area (TPSA) is 99.3 Å². The molecule has 0 aromatic heterocycles. The molecule has 2 aliphatic rings. The molecule has 9 nitrogen and oxygen atoms in total. The van der Waals surface area contributed by atoms with Crippen molar-refractivity contribution in [2.24, 2.45) is 0 Å². The van der Waals surface area contributed by atoms with Crippen molar-refractivity contribution in [2.45, 2.75) is 0 Å². The summed E-state index contributed by atoms with van der Waals surface area (Å²) in [5.41, 5.74) is 1.24. The van der Waals surface area contributed by atoms with Crippen LogP contribution in [0, 0.1) is 0 Å². The fourth-order valence-corrected chi connectivity index (χ4v) is 4.89. The second-order valence-corrected chi connectivity index (χ2v) is 8.93. The van der Waals surface area contributed by atoms with Crippen molar-refractivity contribution >= 4 is 37.5 Å². The van der Waals surface area contributed by atoms with Gasteiger partial charge in [-0.25, -0.2) is 0 Å². The molecule has 1 fully saturated rings. The number of hydrogen-bond donors (Lipinski definition) is 1. The molecule has 11 heteroatoms. The van der Waals surface area contributed by atoms with Crippen LogP contribution in [0.5, 0.6) is 0 Å². The molecule has 1 saturated heterocycles. The summed E-state index contributed by atoms with van der Waals surface area (Å²) >= 11 is 0. The first-order chi connectivity index (χ1) is 10.7. The van der Waals surface area contributed by atoms with Crippen LogP contribution in [0.3, 0.4) is 0 Å². The largest absolute Gasteiger partial charge is 0.379 e. The fourth-order valence-electron chi connectivity index (χ4n) is 2.54. The zero-order valence-electron chi connectivity index (χ0n) is 12.8. The highest BCUT2D eigenvalue weighted by Gasteiger charge is 2.35. The molecule has 0 bridgehead atoms. The van der Waals surface area contributed by atoms with E-state index in [1.54, 1.807) is 12.1 Å². The number of nitrogens with zero attached hydrogens (tertiary/aromatic N) is 3. The van der Waals surface area contributed by atoms with Crippen molar-refractivity contribution in [1.29, 1.82) is 0 Å². The SMILES string of the molecule is CN1c2ccc(NS(=O)(=O)N3CCOCC3)cc2N(C)S1(=O)=O. The summed E-state index contributed by atoms with van der Waals surface area (Å²) in [6.07, 6.45) is 0. The zero-order valence-corrected chi connectivity index (χ0v) is 14.4. The van der Waals surface area contributed by atoms with Crippen molar-refractivity contribution in [3.8, 4) is 0 Å². The second-order valence-electron chi connectivity index (χ2n) is 5.26. The second kappa shape index (κ2) is 5.51. The molecule has 0 radical (unpaired) electrons. The standard InChI is InChI=1S/C12H18N4O5S2/c1-14-11-4-3-10(9-12(11)15(2)23(14,19)20)13-22(17,18)16-5-7-21-8-6-16/h3-4,9,13H,5-8H2,1-2H3. The van der Waals surface area contributed by atoms with Gasteiger partial charge in [-0.05, 0) is 18.2 Å². The molecule has 1 aromatic carbocycles. The first-order valence-corrected chi connectivity index (χ1v) is 9.80. The Labute approximate surface area is 135 Å². The van der Waals surface area contributed by atoms with Crippen LogP contribution >= 0.6 is 0 Å². The van der Waals surface area contributed by atoms with Gasteiger partial charge < -0.3 is 4.74 Å². The molecule has 0 saturated carbocycles. The molecule has 3 rings (SSSR count). The Morgan fingerprint density at radius 2 is 1.70 bits per heavy atom. The maximum atomic E-state index is 12.3. The maximum absolute atomic E-state index is 12.3. The molecular weight excluding hydrogens is 344 g/mol. The van der Waals surface area contributed by atoms with Crippen molar-refractivity contribution < 1.29 is 21.6 Å². The molecule has 2 heterocycles. The van der Waals surface area contributed by atoms with Crippen molar-refractivity contribution in [2.75, 3.05) is 53.7 Å². The van der Waals surface area contributed by atoms with E-state index in [1.165, 1.54) is 24.5 Å². The van der Waals surface area contributed by atoms with E-state index in [0.29, 0.717) is 30.3 Å². The molecule has 1 N–H and O–H groups in total. The van der Waals surface area contributed by atoms with Gasteiger partial charge in [0.2, 0.25) is 0 Å². The highest BCUT2D eigenvalue weighted by Crippen LogP contribution is 2.40. The molecule has 0 unspecified atom stereocenters. The fraction of sp³-hybridized carbons (Fsp3) is 0.500. The molecule has 1 aromatic rings. The predicted octanol–water partition coefficient (Wildman–Crippen LogP) is -0.194. The maximum Gasteiger partial charge on any atom is 0.326 e. The third kappa shape index (κ3) is 2.73. The van der Waals surface area contributed by atoms with E-state index in [0.717, 1.165) is 8.61 Å². The van der Waals surface area contributed by atoms with E-state index in [2.05, 4.69) is 4.72 Å². The quantitative estimate of drug-likeness (QED) is 0.803. The third-order valence-electron chi connectivity index (χ3n) is 3.90. The lowest BCUT2D eigenvalue weighted by Gasteiger charge is -2.26. The Hall–Kier alpha value is -1.56. The third-order valence-corrected chi connectivity index (χ3v) is 7.22. The number of anilines is 3. The van der Waals surface area contributed by atoms with E-state index in [4.69, 9.17) is 4.74 Å². The van der Waals surface area contributed by atoms with Crippen LogP contribution in [0.4, 0.5) is 17.1 Å². The smallest absolute Gasteiger partial charge is 0.326 e. The van der Waals surface area contributed by atoms with Gasteiger partial charge in [0.25, 0.3) is 0 Å². The molecule has 0 aliphatic carbocycles. The summed E-state index contributed by atoms with van der Waals surface area (Å²) < 4.78 is 60.1. The van der Waals surface area contributed by atoms with Crippen molar-refractivity contribution in [3.05, 3.63) is 18.2 Å². The van der Waals surface area contributed by atoms with E-state index in [9.17, 15) is 16.8 Å². The molecule has 2 aliphatic heterocycles. The summed E-state index contributed by atoms with van der Waals surface area (Å²) in [4.78, 5) is 0. The number of ether oxygens (including phenoxy) is 1. The Morgan fingerprint density at radius 1 is 1.09 bits per heavy atom. The Kier molecular flexibility index (Phi) is 3.91. The van der Waals surface area contributed by atoms with E-state index < -0.39 is 20.4 Å². The average Bonchev–Trinajstić information content (AvgIpc) is 2.69. The monoisotopic (exact) mass is 362 g/mol. The number of hydrogen-bond acceptors (Lipinski definition) is 5. The van der Waals surface area contributed by atoms with Crippen molar-refractivity contribution in [3.63, 3.8) is 0 Å². The van der Waals surface area contributed by atoms with Gasteiger partial charge in [0, 0.05) is 27.2 Å². The lowest BCUT2D eigenvalue weighted by molar-refractivity contribution is 0.0733. The molecule has 23 heavy (non-hydrogen) atoms. The van der Waals surface area contributed by atoms with Crippen LogP contribution in [0.25, 0.3) is 0 Å². The summed E-state index contributed by atoms with van der Waals surface area (Å²) in [5.74, 6) is 0. The Morgan fingerprint density at radius 3 is 2.35 bits per heavy atom. The molecule has 0 spiro atoms. The number of fused-ring (bicyclic) bond motifs is 1. The van der Waals surface area contributed by atoms with Crippen LogP contribution in [0.2, 0.25) is 0 Å². The lowest BCUT2D eigenvalue weighted by Crippen LogP contribution is -2.43. The minimum atomic E-state index is -3.69. The highest BCUT2D eigenvalue weighted by molar-refractivity contribution is 7.94. The van der Waals surface area contributed by atoms with Crippen LogP contribution in [-0.4, -0.2) is 61.5 Å². The molecule has 128 valence electrons. The minimum absolute atomic E-state index is 0.289. The summed E-state index contributed by atoms with van der Waals surface area (Å²) in [6.45, 7) is 1.29. The molecular formula is C12H18N4O5S2. The van der Waals surface area contributed by atoms with E-state index in [-0.39, 0.29) is 13.1 Å². The summed E-state index contributed by atoms with van der Waals surface area (Å²) in [6, 6.07) is 4.63. The van der Waals surface area contributed by atoms with Gasteiger partial charge in [0.15, 0.2) is 0 Å². The number of nitrogens with one attached hydrogen (secondary N) is 1. The Bertz CT molecular complexity index is 818. The van der Waals surface area contributed by atoms with Gasteiger partial charge in [0.1, 0.15) is 0 Å². The van der Waals surface area contributed by atoms with Crippen LogP contribution in [0.15, 0.2) is 18.2 Å². The van der Waals surface area contributed by atoms with Gasteiger partial charge in [-0.15, -0.1) is 0 Å². The predicted molar refractivity (Wildman–Crippen MR) is 87.1 cm³/mol. The van der Waals surface area contributed by atoms with Crippen LogP contribution in [0.1, 0.15) is 0 Å². The first kappa shape index (κ1) is 16.3. The van der Waals surface area contributed by atoms with Gasteiger partial charge >= 0.3 is 20.4 Å². The normalized spacial score (nSPS) is 21.3. The Balaban J connectivity index is 1.88. The van der Waals surface area contributed by atoms with Crippen molar-refractivity contribution in [1.82, 2.24) is 4.31 Å². The first-order valence-electron chi connectivity index (χ1n) is 6.96. The zero-order chi connectivity index (χ0) is 16.8. The number of rotatable bonds is 3. The lowest BCUT2D eigenvalue weighted by atomic mass is 10.2.